The van der Waals surface area contributed by atoms with Gasteiger partial charge in [0.1, 0.15) is 0 Å². The van der Waals surface area contributed by atoms with Gasteiger partial charge in [0.15, 0.2) is 11.2 Å². The number of aryl methyl sites for hydroxylation is 3. The summed E-state index contributed by atoms with van der Waals surface area (Å²) in [6.07, 6.45) is 2.71. The van der Waals surface area contributed by atoms with Crippen molar-refractivity contribution in [2.45, 2.75) is 60.0 Å². The van der Waals surface area contributed by atoms with E-state index in [-0.39, 0.29) is 11.2 Å². The fourth-order valence-electron chi connectivity index (χ4n) is 3.32. The summed E-state index contributed by atoms with van der Waals surface area (Å²) >= 11 is 0. The molecule has 0 atom stereocenters. The van der Waals surface area contributed by atoms with Crippen LogP contribution in [0.15, 0.2) is 9.59 Å². The maximum absolute atomic E-state index is 13.0. The van der Waals surface area contributed by atoms with Crippen LogP contribution < -0.4 is 11.2 Å². The minimum Gasteiger partial charge on any atom is -0.314 e. The van der Waals surface area contributed by atoms with Gasteiger partial charge in [0, 0.05) is 31.5 Å². The third kappa shape index (κ3) is 2.14. The van der Waals surface area contributed by atoms with Gasteiger partial charge in [0.25, 0.3) is 5.56 Å². The van der Waals surface area contributed by atoms with Crippen LogP contribution in [-0.4, -0.2) is 23.1 Å². The number of hydrogen-bond donors (Lipinski definition) is 0. The quantitative estimate of drug-likeness (QED) is 0.718. The molecule has 3 rings (SSSR count). The monoisotopic (exact) mass is 331 g/mol. The molecule has 0 bridgehead atoms. The largest absolute Gasteiger partial charge is 0.332 e. The smallest absolute Gasteiger partial charge is 0.314 e. The average molecular weight is 331 g/mol. The van der Waals surface area contributed by atoms with Gasteiger partial charge in [-0.3, -0.25) is 18.3 Å². The molecule has 7 heteroatoms. The van der Waals surface area contributed by atoms with Gasteiger partial charge in [-0.05, 0) is 26.7 Å². The van der Waals surface area contributed by atoms with Crippen LogP contribution in [0.3, 0.4) is 0 Å². The molecule has 0 aliphatic carbocycles. The summed E-state index contributed by atoms with van der Waals surface area (Å²) in [5.41, 5.74) is 2.52. The highest BCUT2D eigenvalue weighted by Gasteiger charge is 2.21. The summed E-state index contributed by atoms with van der Waals surface area (Å²) in [5.74, 6) is 0.738. The summed E-state index contributed by atoms with van der Waals surface area (Å²) in [6, 6.07) is 0. The second-order valence-corrected chi connectivity index (χ2v) is 6.39. The van der Waals surface area contributed by atoms with Gasteiger partial charge in [-0.15, -0.1) is 0 Å². The Kier molecular flexibility index (Phi) is 4.11. The number of nitrogens with zero attached hydrogens (tertiary/aromatic N) is 5. The molecule has 0 saturated heterocycles. The molecule has 0 saturated carbocycles. The number of aromatic nitrogens is 5. The maximum Gasteiger partial charge on any atom is 0.332 e. The molecule has 0 N–H and O–H groups in total. The Morgan fingerprint density at radius 2 is 1.67 bits per heavy atom. The number of unbranched alkanes of at least 4 members (excludes halogenated alkanes) is 1. The molecule has 130 valence electrons. The Morgan fingerprint density at radius 3 is 2.29 bits per heavy atom. The lowest BCUT2D eigenvalue weighted by atomic mass is 10.3. The van der Waals surface area contributed by atoms with Gasteiger partial charge in [-0.25, -0.2) is 4.79 Å². The molecule has 0 aromatic carbocycles. The highest BCUT2D eigenvalue weighted by atomic mass is 16.2. The molecule has 3 heterocycles. The second kappa shape index (κ2) is 5.96. The van der Waals surface area contributed by atoms with Crippen molar-refractivity contribution in [3.8, 4) is 0 Å². The molecular weight excluding hydrogens is 306 g/mol. The normalized spacial score (nSPS) is 11.9. The summed E-state index contributed by atoms with van der Waals surface area (Å²) in [7, 11) is 1.69. The molecule has 0 unspecified atom stereocenters. The van der Waals surface area contributed by atoms with Crippen molar-refractivity contribution in [1.29, 1.82) is 0 Å². The summed E-state index contributed by atoms with van der Waals surface area (Å²) in [4.78, 5) is 30.2. The van der Waals surface area contributed by atoms with Crippen LogP contribution >= 0.6 is 0 Å². The van der Waals surface area contributed by atoms with Crippen LogP contribution in [-0.2, 0) is 20.1 Å². The Labute approximate surface area is 140 Å². The summed E-state index contributed by atoms with van der Waals surface area (Å²) in [6.45, 7) is 9.48. The SMILES string of the molecule is CCCCn1c(=O)c2c(nc3n(CCC)c(C)c(C)n23)n(C)c1=O. The summed E-state index contributed by atoms with van der Waals surface area (Å²) in [5, 5.41) is 0. The molecule has 0 amide bonds. The van der Waals surface area contributed by atoms with E-state index in [0.717, 1.165) is 43.0 Å². The first-order valence-corrected chi connectivity index (χ1v) is 8.61. The van der Waals surface area contributed by atoms with Crippen molar-refractivity contribution < 1.29 is 0 Å². The molecule has 0 aliphatic heterocycles. The number of imidazole rings is 2. The van der Waals surface area contributed by atoms with Crippen LogP contribution in [0.1, 0.15) is 44.5 Å². The van der Waals surface area contributed by atoms with Crippen LogP contribution in [0, 0.1) is 13.8 Å². The lowest BCUT2D eigenvalue weighted by Crippen LogP contribution is -2.39. The van der Waals surface area contributed by atoms with Crippen LogP contribution in [0.25, 0.3) is 16.9 Å². The first-order chi connectivity index (χ1) is 11.4. The molecule has 0 fully saturated rings. The van der Waals surface area contributed by atoms with Crippen molar-refractivity contribution in [3.05, 3.63) is 32.2 Å². The van der Waals surface area contributed by atoms with Crippen molar-refractivity contribution >= 4 is 16.9 Å². The lowest BCUT2D eigenvalue weighted by Gasteiger charge is -2.07. The van der Waals surface area contributed by atoms with E-state index in [4.69, 9.17) is 0 Å². The van der Waals surface area contributed by atoms with Crippen LogP contribution in [0.4, 0.5) is 0 Å². The third-order valence-corrected chi connectivity index (χ3v) is 4.81. The number of hydrogen-bond acceptors (Lipinski definition) is 3. The first-order valence-electron chi connectivity index (χ1n) is 8.61. The first kappa shape index (κ1) is 16.5. The molecule has 3 aromatic heterocycles. The number of rotatable bonds is 5. The number of fused-ring (bicyclic) bond motifs is 3. The van der Waals surface area contributed by atoms with Crippen molar-refractivity contribution in [1.82, 2.24) is 23.1 Å². The van der Waals surface area contributed by atoms with Gasteiger partial charge in [0.05, 0.1) is 0 Å². The zero-order valence-corrected chi connectivity index (χ0v) is 15.1. The van der Waals surface area contributed by atoms with Crippen molar-refractivity contribution in [3.63, 3.8) is 0 Å². The minimum absolute atomic E-state index is 0.245. The topological polar surface area (TPSA) is 66.2 Å². The molecule has 0 aliphatic rings. The Hall–Kier alpha value is -2.31. The Morgan fingerprint density at radius 1 is 0.958 bits per heavy atom. The molecule has 0 spiro atoms. The van der Waals surface area contributed by atoms with Crippen molar-refractivity contribution in [2.75, 3.05) is 0 Å². The van der Waals surface area contributed by atoms with E-state index in [0.29, 0.717) is 17.7 Å². The van der Waals surface area contributed by atoms with Gasteiger partial charge >= 0.3 is 5.69 Å². The molecular formula is C17H25N5O2. The zero-order chi connectivity index (χ0) is 17.6. The third-order valence-electron chi connectivity index (χ3n) is 4.81. The fraction of sp³-hybridized carbons (Fsp3) is 0.588. The highest BCUT2D eigenvalue weighted by Crippen LogP contribution is 2.20. The Balaban J connectivity index is 2.47. The second-order valence-electron chi connectivity index (χ2n) is 6.39. The van der Waals surface area contributed by atoms with Gasteiger partial charge in [-0.1, -0.05) is 20.3 Å². The average Bonchev–Trinajstić information content (AvgIpc) is 3.05. The van der Waals surface area contributed by atoms with E-state index in [9.17, 15) is 9.59 Å². The van der Waals surface area contributed by atoms with Gasteiger partial charge in [0.2, 0.25) is 5.78 Å². The lowest BCUT2D eigenvalue weighted by molar-refractivity contribution is 0.566. The fourth-order valence-corrected chi connectivity index (χ4v) is 3.32. The predicted octanol–water partition coefficient (Wildman–Crippen LogP) is 1.98. The van der Waals surface area contributed by atoms with E-state index in [1.807, 2.05) is 25.2 Å². The highest BCUT2D eigenvalue weighted by molar-refractivity contribution is 5.76. The molecule has 7 nitrogen and oxygen atoms in total. The van der Waals surface area contributed by atoms with Gasteiger partial charge < -0.3 is 4.57 Å². The molecule has 24 heavy (non-hydrogen) atoms. The zero-order valence-electron chi connectivity index (χ0n) is 15.1. The molecule has 3 aromatic rings. The molecule has 0 radical (unpaired) electrons. The van der Waals surface area contributed by atoms with E-state index in [1.165, 1.54) is 9.13 Å². The van der Waals surface area contributed by atoms with E-state index in [2.05, 4.69) is 16.5 Å². The van der Waals surface area contributed by atoms with E-state index >= 15 is 0 Å². The van der Waals surface area contributed by atoms with E-state index in [1.54, 1.807) is 7.05 Å². The van der Waals surface area contributed by atoms with Crippen LogP contribution in [0.5, 0.6) is 0 Å². The Bertz CT molecular complexity index is 1030. The van der Waals surface area contributed by atoms with E-state index < -0.39 is 0 Å². The predicted molar refractivity (Wildman–Crippen MR) is 94.9 cm³/mol. The van der Waals surface area contributed by atoms with Gasteiger partial charge in [-0.2, -0.15) is 4.98 Å². The minimum atomic E-state index is -0.293. The standard InChI is InChI=1S/C17H25N5O2/c1-6-8-10-21-15(23)13-14(19(5)17(21)24)18-16-20(9-7-2)11(3)12(4)22(13)16/h6-10H2,1-5H3. The maximum atomic E-state index is 13.0. The van der Waals surface area contributed by atoms with Crippen LogP contribution in [0.2, 0.25) is 0 Å². The van der Waals surface area contributed by atoms with Crippen molar-refractivity contribution in [2.24, 2.45) is 7.05 Å². The summed E-state index contributed by atoms with van der Waals surface area (Å²) < 4.78 is 6.86.